The van der Waals surface area contributed by atoms with E-state index in [1.54, 1.807) is 43.3 Å². The highest BCUT2D eigenvalue weighted by atomic mass is 32.1. The number of halogens is 1. The number of amides is 1. The molecule has 178 valence electrons. The van der Waals surface area contributed by atoms with Gasteiger partial charge >= 0.3 is 5.91 Å². The number of thiazole rings is 1. The second-order valence-corrected chi connectivity index (χ2v) is 9.11. The van der Waals surface area contributed by atoms with Crippen LogP contribution < -0.4 is 9.64 Å². The van der Waals surface area contributed by atoms with E-state index in [0.29, 0.717) is 39.7 Å². The summed E-state index contributed by atoms with van der Waals surface area (Å²) in [5.41, 5.74) is 0.730. The molecule has 2 aromatic heterocycles. The molecule has 3 heterocycles. The number of rotatable bonds is 6. The van der Waals surface area contributed by atoms with Crippen LogP contribution in [0.4, 0.5) is 9.52 Å². The standard InChI is InChI=1S/C26H21FN2O5S/c1-3-12-33-17-8-5-15(6-9-17)23(30)21-22(19-11-4-14(2)34-19)29(25(32)24(21)31)26-28-18-10-7-16(27)13-20(18)35-26/h4-11,13,22,30H,3,12H2,1-2H3/b23-21+. The Balaban J connectivity index is 1.63. The average Bonchev–Trinajstić information content (AvgIpc) is 3.53. The number of hydrogen-bond donors (Lipinski definition) is 1. The summed E-state index contributed by atoms with van der Waals surface area (Å²) in [6.07, 6.45) is 0.853. The first kappa shape index (κ1) is 22.8. The maximum Gasteiger partial charge on any atom is 0.302 e. The highest BCUT2D eigenvalue weighted by Gasteiger charge is 2.49. The fourth-order valence-corrected chi connectivity index (χ4v) is 4.99. The number of aliphatic hydroxyl groups excluding tert-OH is 1. The molecule has 4 aromatic rings. The molecule has 35 heavy (non-hydrogen) atoms. The number of ether oxygens (including phenoxy) is 1. The molecule has 0 spiro atoms. The molecule has 1 N–H and O–H groups in total. The first-order chi connectivity index (χ1) is 16.9. The number of anilines is 1. The van der Waals surface area contributed by atoms with E-state index >= 15 is 0 Å². The van der Waals surface area contributed by atoms with Crippen LogP contribution in [0.2, 0.25) is 0 Å². The molecular formula is C26H21FN2O5S. The third-order valence-corrected chi connectivity index (χ3v) is 6.64. The van der Waals surface area contributed by atoms with E-state index in [1.165, 1.54) is 23.1 Å². The molecule has 1 saturated heterocycles. The third-order valence-electron chi connectivity index (χ3n) is 5.62. The van der Waals surface area contributed by atoms with Crippen molar-refractivity contribution in [2.75, 3.05) is 11.5 Å². The van der Waals surface area contributed by atoms with E-state index in [2.05, 4.69) is 4.98 Å². The lowest BCUT2D eigenvalue weighted by Gasteiger charge is -2.20. The minimum absolute atomic E-state index is 0.114. The van der Waals surface area contributed by atoms with Gasteiger partial charge in [0, 0.05) is 5.56 Å². The van der Waals surface area contributed by atoms with Crippen molar-refractivity contribution in [2.45, 2.75) is 26.3 Å². The summed E-state index contributed by atoms with van der Waals surface area (Å²) in [7, 11) is 0. The predicted molar refractivity (Wildman–Crippen MR) is 130 cm³/mol. The SMILES string of the molecule is CCCOc1ccc(/C(O)=C2\C(=O)C(=O)N(c3nc4ccc(F)cc4s3)C2c2ccc(C)o2)cc1. The van der Waals surface area contributed by atoms with E-state index in [0.717, 1.165) is 17.8 Å². The zero-order valence-corrected chi connectivity index (χ0v) is 19.8. The number of furan rings is 1. The Morgan fingerprint density at radius 3 is 2.63 bits per heavy atom. The average molecular weight is 493 g/mol. The summed E-state index contributed by atoms with van der Waals surface area (Å²) in [4.78, 5) is 32.1. The molecule has 0 aliphatic carbocycles. The second-order valence-electron chi connectivity index (χ2n) is 8.10. The minimum atomic E-state index is -1.04. The molecule has 1 atom stereocenters. The normalized spacial score (nSPS) is 17.5. The van der Waals surface area contributed by atoms with Gasteiger partial charge in [0.05, 0.1) is 22.4 Å². The number of fused-ring (bicyclic) bond motifs is 1. The smallest absolute Gasteiger partial charge is 0.302 e. The Morgan fingerprint density at radius 2 is 1.94 bits per heavy atom. The van der Waals surface area contributed by atoms with Gasteiger partial charge in [0.15, 0.2) is 5.13 Å². The largest absolute Gasteiger partial charge is 0.507 e. The number of nitrogens with zero attached hydrogens (tertiary/aromatic N) is 2. The molecule has 1 amide bonds. The Labute approximate surface area is 204 Å². The van der Waals surface area contributed by atoms with Crippen molar-refractivity contribution < 1.29 is 28.2 Å². The number of Topliss-reactive ketones (excluding diaryl/α,β-unsaturated/α-hetero) is 1. The minimum Gasteiger partial charge on any atom is -0.507 e. The lowest BCUT2D eigenvalue weighted by Crippen LogP contribution is -2.29. The zero-order valence-electron chi connectivity index (χ0n) is 18.9. The number of carbonyl (C=O) groups is 2. The van der Waals surface area contributed by atoms with E-state index in [1.807, 2.05) is 6.92 Å². The lowest BCUT2D eigenvalue weighted by atomic mass is 9.99. The van der Waals surface area contributed by atoms with Gasteiger partial charge in [-0.25, -0.2) is 9.37 Å². The number of aromatic nitrogens is 1. The van der Waals surface area contributed by atoms with Crippen LogP contribution in [0, 0.1) is 12.7 Å². The maximum absolute atomic E-state index is 13.7. The first-order valence-electron chi connectivity index (χ1n) is 11.0. The predicted octanol–water partition coefficient (Wildman–Crippen LogP) is 5.75. The summed E-state index contributed by atoms with van der Waals surface area (Å²) in [6.45, 7) is 4.29. The lowest BCUT2D eigenvalue weighted by molar-refractivity contribution is -0.132. The molecule has 7 nitrogen and oxygen atoms in total. The highest BCUT2D eigenvalue weighted by Crippen LogP contribution is 2.44. The monoisotopic (exact) mass is 492 g/mol. The van der Waals surface area contributed by atoms with Gasteiger partial charge in [0.2, 0.25) is 0 Å². The van der Waals surface area contributed by atoms with Crippen molar-refractivity contribution in [1.82, 2.24) is 4.98 Å². The Morgan fingerprint density at radius 1 is 1.17 bits per heavy atom. The van der Waals surface area contributed by atoms with Gasteiger partial charge in [-0.1, -0.05) is 18.3 Å². The summed E-state index contributed by atoms with van der Waals surface area (Å²) in [5.74, 6) is -0.973. The molecule has 0 radical (unpaired) electrons. The third kappa shape index (κ3) is 4.08. The van der Waals surface area contributed by atoms with Crippen LogP contribution in [0.15, 0.2) is 64.6 Å². The molecule has 5 rings (SSSR count). The van der Waals surface area contributed by atoms with Crippen LogP contribution >= 0.6 is 11.3 Å². The second kappa shape index (κ2) is 8.99. The molecular weight excluding hydrogens is 471 g/mol. The van der Waals surface area contributed by atoms with Gasteiger partial charge in [-0.2, -0.15) is 0 Å². The van der Waals surface area contributed by atoms with Crippen molar-refractivity contribution in [2.24, 2.45) is 0 Å². The molecule has 0 saturated carbocycles. The van der Waals surface area contributed by atoms with Gasteiger partial charge in [-0.3, -0.25) is 14.5 Å². The summed E-state index contributed by atoms with van der Waals surface area (Å²) in [5, 5.41) is 11.4. The first-order valence-corrected chi connectivity index (χ1v) is 11.9. The van der Waals surface area contributed by atoms with Gasteiger partial charge in [0.25, 0.3) is 5.78 Å². The van der Waals surface area contributed by atoms with Crippen LogP contribution in [0.25, 0.3) is 16.0 Å². The molecule has 1 aliphatic rings. The zero-order chi connectivity index (χ0) is 24.7. The molecule has 0 bridgehead atoms. The van der Waals surface area contributed by atoms with Crippen LogP contribution in [0.1, 0.15) is 36.5 Å². The number of aliphatic hydroxyl groups is 1. The van der Waals surface area contributed by atoms with Gasteiger partial charge in [0.1, 0.15) is 34.9 Å². The van der Waals surface area contributed by atoms with Gasteiger partial charge in [-0.15, -0.1) is 0 Å². The number of carbonyl (C=O) groups excluding carboxylic acids is 2. The van der Waals surface area contributed by atoms with E-state index < -0.39 is 23.5 Å². The van der Waals surface area contributed by atoms with E-state index in [9.17, 15) is 19.1 Å². The summed E-state index contributed by atoms with van der Waals surface area (Å²) in [6, 6.07) is 13.1. The van der Waals surface area contributed by atoms with Crippen molar-refractivity contribution in [3.05, 3.63) is 83.1 Å². The Kier molecular flexibility index (Phi) is 5.86. The van der Waals surface area contributed by atoms with Crippen LogP contribution in [-0.4, -0.2) is 28.4 Å². The van der Waals surface area contributed by atoms with Crippen LogP contribution in [-0.2, 0) is 9.59 Å². The fraction of sp³-hybridized carbons (Fsp3) is 0.192. The quantitative estimate of drug-likeness (QED) is 0.209. The Bertz CT molecular complexity index is 1470. The van der Waals surface area contributed by atoms with Crippen molar-refractivity contribution >= 4 is 44.1 Å². The van der Waals surface area contributed by atoms with Gasteiger partial charge in [-0.05, 0) is 67.9 Å². The van der Waals surface area contributed by atoms with Crippen molar-refractivity contribution in [3.63, 3.8) is 0 Å². The number of aryl methyl sites for hydroxylation is 1. The van der Waals surface area contributed by atoms with Gasteiger partial charge < -0.3 is 14.3 Å². The fourth-order valence-electron chi connectivity index (χ4n) is 3.97. The number of ketones is 1. The van der Waals surface area contributed by atoms with E-state index in [4.69, 9.17) is 9.15 Å². The summed E-state index contributed by atoms with van der Waals surface area (Å²) < 4.78 is 25.6. The van der Waals surface area contributed by atoms with Crippen molar-refractivity contribution in [1.29, 1.82) is 0 Å². The molecule has 9 heteroatoms. The molecule has 1 fully saturated rings. The van der Waals surface area contributed by atoms with Crippen molar-refractivity contribution in [3.8, 4) is 5.75 Å². The van der Waals surface area contributed by atoms with Crippen LogP contribution in [0.3, 0.4) is 0 Å². The Hall–Kier alpha value is -3.98. The number of hydrogen-bond acceptors (Lipinski definition) is 7. The molecule has 1 unspecified atom stereocenters. The summed E-state index contributed by atoms with van der Waals surface area (Å²) >= 11 is 1.08. The maximum atomic E-state index is 13.7. The number of benzene rings is 2. The van der Waals surface area contributed by atoms with Crippen LogP contribution in [0.5, 0.6) is 5.75 Å². The highest BCUT2D eigenvalue weighted by molar-refractivity contribution is 7.22. The topological polar surface area (TPSA) is 92.9 Å². The molecule has 2 aromatic carbocycles. The molecule has 1 aliphatic heterocycles. The van der Waals surface area contributed by atoms with E-state index in [-0.39, 0.29) is 16.5 Å².